The van der Waals surface area contributed by atoms with Gasteiger partial charge in [0, 0.05) is 5.56 Å². The van der Waals surface area contributed by atoms with Crippen molar-refractivity contribution in [2.75, 3.05) is 0 Å². The van der Waals surface area contributed by atoms with E-state index in [0.717, 1.165) is 50.4 Å². The first-order chi connectivity index (χ1) is 24.2. The van der Waals surface area contributed by atoms with Crippen molar-refractivity contribution < 1.29 is 23.7 Å². The average molecular weight is 647 g/mol. The molecule has 6 aromatic carbocycles. The lowest BCUT2D eigenvalue weighted by atomic mass is 9.99. The summed E-state index contributed by atoms with van der Waals surface area (Å²) in [6, 6.07) is 50.6. The molecule has 0 saturated carbocycles. The molecule has 0 aliphatic carbocycles. The maximum Gasteiger partial charge on any atom is 0.181 e. The summed E-state index contributed by atoms with van der Waals surface area (Å²) in [6.07, 6.45) is 1.53. The zero-order chi connectivity index (χ0) is 33.3. The summed E-state index contributed by atoms with van der Waals surface area (Å²) in [5, 5.41) is 0. The third-order valence-electron chi connectivity index (χ3n) is 8.27. The van der Waals surface area contributed by atoms with Crippen molar-refractivity contribution in [3.8, 4) is 23.0 Å². The molecule has 0 spiro atoms. The predicted octanol–water partition coefficient (Wildman–Crippen LogP) is 10.4. The number of rotatable bonds is 13. The number of benzene rings is 6. The minimum atomic E-state index is -0.526. The van der Waals surface area contributed by atoms with Gasteiger partial charge in [0.2, 0.25) is 0 Å². The molecule has 0 saturated heterocycles. The summed E-state index contributed by atoms with van der Waals surface area (Å²) in [6.45, 7) is 3.71. The maximum absolute atomic E-state index is 6.81. The molecule has 1 unspecified atom stereocenters. The normalized spacial score (nSPS) is 13.4. The second-order valence-electron chi connectivity index (χ2n) is 12.0. The molecule has 1 aliphatic rings. The van der Waals surface area contributed by atoms with Gasteiger partial charge in [-0.3, -0.25) is 0 Å². The Kier molecular flexibility index (Phi) is 9.89. The average Bonchev–Trinajstić information content (AvgIpc) is 3.16. The maximum atomic E-state index is 6.81. The van der Waals surface area contributed by atoms with E-state index in [1.54, 1.807) is 0 Å². The lowest BCUT2D eigenvalue weighted by Crippen LogP contribution is -2.18. The quantitative estimate of drug-likeness (QED) is 0.125. The molecule has 244 valence electrons. The van der Waals surface area contributed by atoms with E-state index in [2.05, 4.69) is 30.3 Å². The van der Waals surface area contributed by atoms with Gasteiger partial charge in [-0.25, -0.2) is 0 Å². The van der Waals surface area contributed by atoms with Crippen LogP contribution in [0.3, 0.4) is 0 Å². The molecule has 7 rings (SSSR count). The van der Waals surface area contributed by atoms with Crippen LogP contribution in [0.15, 0.2) is 157 Å². The van der Waals surface area contributed by atoms with Gasteiger partial charge in [0.1, 0.15) is 43.7 Å². The minimum Gasteiger partial charge on any atom is -0.489 e. The van der Waals surface area contributed by atoms with Crippen LogP contribution in [0.5, 0.6) is 23.0 Å². The standard InChI is InChI=1S/C44H38O5/c1-32-24-40(46-29-34-16-8-3-9-17-34)38-27-43(48-31-36-20-12-5-13-21-36)44(49-41(38)25-32)37-22-23-39(45-28-33-14-6-2-7-15-33)42(26-37)47-30-35-18-10-4-11-19-35/h2-27,44H,28-31H2,1H3. The summed E-state index contributed by atoms with van der Waals surface area (Å²) >= 11 is 0. The van der Waals surface area contributed by atoms with Crippen molar-refractivity contribution in [1.82, 2.24) is 0 Å². The predicted molar refractivity (Wildman–Crippen MR) is 193 cm³/mol. The highest BCUT2D eigenvalue weighted by atomic mass is 16.5. The second-order valence-corrected chi connectivity index (χ2v) is 12.0. The molecular weight excluding hydrogens is 608 g/mol. The molecule has 0 fully saturated rings. The molecule has 1 heterocycles. The van der Waals surface area contributed by atoms with E-state index in [1.807, 2.05) is 134 Å². The zero-order valence-corrected chi connectivity index (χ0v) is 27.5. The number of hydrogen-bond acceptors (Lipinski definition) is 5. The van der Waals surface area contributed by atoms with Crippen molar-refractivity contribution in [3.63, 3.8) is 0 Å². The van der Waals surface area contributed by atoms with Gasteiger partial charge in [-0.05, 0) is 65.1 Å². The number of fused-ring (bicyclic) bond motifs is 1. The minimum absolute atomic E-state index is 0.392. The smallest absolute Gasteiger partial charge is 0.181 e. The van der Waals surface area contributed by atoms with Gasteiger partial charge < -0.3 is 23.7 Å². The Morgan fingerprint density at radius 1 is 0.469 bits per heavy atom. The van der Waals surface area contributed by atoms with Gasteiger partial charge in [-0.15, -0.1) is 0 Å². The number of aryl methyl sites for hydroxylation is 1. The molecule has 0 bridgehead atoms. The van der Waals surface area contributed by atoms with Crippen LogP contribution in [0, 0.1) is 6.92 Å². The van der Waals surface area contributed by atoms with Crippen LogP contribution in [0.4, 0.5) is 0 Å². The summed E-state index contributed by atoms with van der Waals surface area (Å²) < 4.78 is 32.5. The van der Waals surface area contributed by atoms with E-state index in [9.17, 15) is 0 Å². The Bertz CT molecular complexity index is 1990. The van der Waals surface area contributed by atoms with Crippen molar-refractivity contribution >= 4 is 6.08 Å². The summed E-state index contributed by atoms with van der Waals surface area (Å²) in [4.78, 5) is 0. The largest absolute Gasteiger partial charge is 0.489 e. The topological polar surface area (TPSA) is 46.2 Å². The Morgan fingerprint density at radius 2 is 0.939 bits per heavy atom. The molecule has 1 aliphatic heterocycles. The summed E-state index contributed by atoms with van der Waals surface area (Å²) in [5.41, 5.74) is 7.07. The van der Waals surface area contributed by atoms with Crippen LogP contribution in [0.2, 0.25) is 0 Å². The highest BCUT2D eigenvalue weighted by Crippen LogP contribution is 2.44. The van der Waals surface area contributed by atoms with Crippen LogP contribution < -0.4 is 18.9 Å². The van der Waals surface area contributed by atoms with Crippen LogP contribution >= 0.6 is 0 Å². The first-order valence-corrected chi connectivity index (χ1v) is 16.5. The van der Waals surface area contributed by atoms with Gasteiger partial charge in [0.15, 0.2) is 17.6 Å². The van der Waals surface area contributed by atoms with Crippen molar-refractivity contribution in [3.05, 3.63) is 196 Å². The summed E-state index contributed by atoms with van der Waals surface area (Å²) in [7, 11) is 0. The van der Waals surface area contributed by atoms with Gasteiger partial charge in [0.25, 0.3) is 0 Å². The Morgan fingerprint density at radius 3 is 1.47 bits per heavy atom. The fourth-order valence-electron chi connectivity index (χ4n) is 5.71. The van der Waals surface area contributed by atoms with E-state index in [4.69, 9.17) is 23.7 Å². The van der Waals surface area contributed by atoms with E-state index in [-0.39, 0.29) is 0 Å². The molecule has 49 heavy (non-hydrogen) atoms. The van der Waals surface area contributed by atoms with Crippen molar-refractivity contribution in [2.45, 2.75) is 39.5 Å². The third-order valence-corrected chi connectivity index (χ3v) is 8.27. The van der Waals surface area contributed by atoms with E-state index < -0.39 is 6.10 Å². The molecular formula is C44H38O5. The molecule has 0 amide bonds. The number of hydrogen-bond donors (Lipinski definition) is 0. The molecule has 1 atom stereocenters. The third kappa shape index (κ3) is 8.14. The number of ether oxygens (including phenoxy) is 5. The van der Waals surface area contributed by atoms with Gasteiger partial charge in [-0.1, -0.05) is 127 Å². The van der Waals surface area contributed by atoms with E-state index >= 15 is 0 Å². The van der Waals surface area contributed by atoms with Crippen LogP contribution in [0.25, 0.3) is 6.08 Å². The highest BCUT2D eigenvalue weighted by molar-refractivity contribution is 5.69. The fourth-order valence-corrected chi connectivity index (χ4v) is 5.71. The zero-order valence-electron chi connectivity index (χ0n) is 27.5. The van der Waals surface area contributed by atoms with E-state index in [1.165, 1.54) is 0 Å². The Hall–Kier alpha value is -5.94. The van der Waals surface area contributed by atoms with Crippen LogP contribution in [0.1, 0.15) is 45.0 Å². The molecule has 0 N–H and O–H groups in total. The SMILES string of the molecule is Cc1cc(OCc2ccccc2)c2c(c1)OC(c1ccc(OCc3ccccc3)c(OCc3ccccc3)c1)C(OCc1ccccc1)=C2. The molecule has 5 heteroatoms. The van der Waals surface area contributed by atoms with Gasteiger partial charge in [-0.2, -0.15) is 0 Å². The lowest BCUT2D eigenvalue weighted by molar-refractivity contribution is 0.106. The summed E-state index contributed by atoms with van der Waals surface area (Å²) in [5.74, 6) is 3.44. The van der Waals surface area contributed by atoms with Crippen molar-refractivity contribution in [1.29, 1.82) is 0 Å². The lowest BCUT2D eigenvalue weighted by Gasteiger charge is -2.29. The molecule has 0 aromatic heterocycles. The van der Waals surface area contributed by atoms with Gasteiger partial charge in [0.05, 0.1) is 5.56 Å². The van der Waals surface area contributed by atoms with Crippen molar-refractivity contribution in [2.24, 2.45) is 0 Å². The van der Waals surface area contributed by atoms with Gasteiger partial charge >= 0.3 is 0 Å². The molecule has 6 aromatic rings. The first kappa shape index (κ1) is 31.6. The van der Waals surface area contributed by atoms with E-state index in [0.29, 0.717) is 43.7 Å². The first-order valence-electron chi connectivity index (χ1n) is 16.5. The molecule has 0 radical (unpaired) electrons. The van der Waals surface area contributed by atoms with Crippen LogP contribution in [-0.2, 0) is 31.2 Å². The highest BCUT2D eigenvalue weighted by Gasteiger charge is 2.29. The Labute approximate surface area is 288 Å². The monoisotopic (exact) mass is 646 g/mol. The van der Waals surface area contributed by atoms with Crippen LogP contribution in [-0.4, -0.2) is 0 Å². The Balaban J connectivity index is 1.22. The fraction of sp³-hybridized carbons (Fsp3) is 0.136. The molecule has 5 nitrogen and oxygen atoms in total. The second kappa shape index (κ2) is 15.3.